The van der Waals surface area contributed by atoms with E-state index in [1.807, 2.05) is 25.1 Å². The fraction of sp³-hybridized carbons (Fsp3) is 0.176. The van der Waals surface area contributed by atoms with Gasteiger partial charge in [-0.25, -0.2) is 9.50 Å². The fourth-order valence-corrected chi connectivity index (χ4v) is 3.58. The molecule has 2 aromatic heterocycles. The van der Waals surface area contributed by atoms with E-state index in [1.165, 1.54) is 22.1 Å². The predicted octanol–water partition coefficient (Wildman–Crippen LogP) is 3.03. The molecule has 0 fully saturated rings. The summed E-state index contributed by atoms with van der Waals surface area (Å²) in [5.41, 5.74) is 1.16. The van der Waals surface area contributed by atoms with Gasteiger partial charge in [0.2, 0.25) is 0 Å². The Kier molecular flexibility index (Phi) is 3.57. The second-order valence-corrected chi connectivity index (χ2v) is 6.46. The first-order valence-corrected chi connectivity index (χ1v) is 8.23. The van der Waals surface area contributed by atoms with E-state index in [9.17, 15) is 5.11 Å². The van der Waals surface area contributed by atoms with Gasteiger partial charge in [0.1, 0.15) is 10.7 Å². The van der Waals surface area contributed by atoms with Crippen LogP contribution in [0.2, 0.25) is 0 Å². The maximum Gasteiger partial charge on any atom is 0.159 e. The number of imidazole rings is 1. The van der Waals surface area contributed by atoms with E-state index in [0.717, 1.165) is 16.2 Å². The molecule has 1 unspecified atom stereocenters. The van der Waals surface area contributed by atoms with Crippen molar-refractivity contribution in [2.75, 3.05) is 0 Å². The zero-order valence-electron chi connectivity index (χ0n) is 12.6. The monoisotopic (exact) mass is 324 g/mol. The highest BCUT2D eigenvalue weighted by atomic mass is 32.1. The molecule has 2 heterocycles. The lowest BCUT2D eigenvalue weighted by Crippen LogP contribution is -2.20. The van der Waals surface area contributed by atoms with Crippen LogP contribution in [-0.4, -0.2) is 19.7 Å². The second kappa shape index (κ2) is 5.73. The highest BCUT2D eigenvalue weighted by molar-refractivity contribution is 7.17. The number of fused-ring (bicyclic) bond motifs is 2. The van der Waals surface area contributed by atoms with Crippen molar-refractivity contribution in [2.45, 2.75) is 19.7 Å². The largest absolute Gasteiger partial charge is 0.372 e. The van der Waals surface area contributed by atoms with E-state index in [0.29, 0.717) is 11.6 Å². The van der Waals surface area contributed by atoms with E-state index in [1.54, 1.807) is 10.7 Å². The summed E-state index contributed by atoms with van der Waals surface area (Å²) in [4.78, 5) is 5.13. The SMILES string of the molecule is Cc1ncc2sc(C(O)NCc3cccc4ccccc34)nn12. The normalized spacial score (nSPS) is 13.0. The van der Waals surface area contributed by atoms with Crippen LogP contribution in [0.4, 0.5) is 0 Å². The van der Waals surface area contributed by atoms with Crippen LogP contribution in [0.5, 0.6) is 0 Å². The quantitative estimate of drug-likeness (QED) is 0.566. The van der Waals surface area contributed by atoms with Crippen molar-refractivity contribution in [2.24, 2.45) is 0 Å². The van der Waals surface area contributed by atoms with Crippen molar-refractivity contribution < 1.29 is 5.11 Å². The summed E-state index contributed by atoms with van der Waals surface area (Å²) in [6.45, 7) is 2.47. The minimum absolute atomic E-state index is 0.578. The van der Waals surface area contributed by atoms with Crippen LogP contribution < -0.4 is 5.32 Å². The van der Waals surface area contributed by atoms with Gasteiger partial charge in [-0.2, -0.15) is 5.10 Å². The molecule has 0 aliphatic heterocycles. The molecular weight excluding hydrogens is 308 g/mol. The molecule has 0 spiro atoms. The number of rotatable bonds is 4. The smallest absolute Gasteiger partial charge is 0.159 e. The van der Waals surface area contributed by atoms with Gasteiger partial charge >= 0.3 is 0 Å². The molecule has 6 heteroatoms. The molecule has 0 saturated carbocycles. The number of nitrogens with one attached hydrogen (secondary N) is 1. The van der Waals surface area contributed by atoms with Crippen molar-refractivity contribution >= 4 is 26.9 Å². The number of hydrogen-bond donors (Lipinski definition) is 2. The van der Waals surface area contributed by atoms with Crippen molar-refractivity contribution in [3.63, 3.8) is 0 Å². The van der Waals surface area contributed by atoms with Crippen LogP contribution in [-0.2, 0) is 6.54 Å². The molecular formula is C17H16N4OS. The Morgan fingerprint density at radius 2 is 2.04 bits per heavy atom. The Hall–Kier alpha value is -2.28. The summed E-state index contributed by atoms with van der Waals surface area (Å²) in [7, 11) is 0. The molecule has 0 aliphatic rings. The minimum Gasteiger partial charge on any atom is -0.372 e. The molecule has 0 radical (unpaired) electrons. The van der Waals surface area contributed by atoms with Crippen molar-refractivity contribution in [3.05, 3.63) is 65.1 Å². The van der Waals surface area contributed by atoms with Crippen molar-refractivity contribution in [3.8, 4) is 0 Å². The molecule has 2 N–H and O–H groups in total. The van der Waals surface area contributed by atoms with Gasteiger partial charge in [0.25, 0.3) is 0 Å². The number of aliphatic hydroxyl groups is 1. The Morgan fingerprint density at radius 3 is 2.91 bits per heavy atom. The second-order valence-electron chi connectivity index (χ2n) is 5.42. The predicted molar refractivity (Wildman–Crippen MR) is 91.3 cm³/mol. The van der Waals surface area contributed by atoms with Crippen molar-refractivity contribution in [1.82, 2.24) is 19.9 Å². The molecule has 4 rings (SSSR count). The highest BCUT2D eigenvalue weighted by Crippen LogP contribution is 2.22. The summed E-state index contributed by atoms with van der Waals surface area (Å²) >= 11 is 1.44. The summed E-state index contributed by atoms with van der Waals surface area (Å²) in [5.74, 6) is 0.823. The number of aromatic nitrogens is 3. The average molecular weight is 324 g/mol. The molecule has 1 atom stereocenters. The minimum atomic E-state index is -0.793. The molecule has 0 saturated heterocycles. The van der Waals surface area contributed by atoms with E-state index in [4.69, 9.17) is 0 Å². The molecule has 2 aromatic carbocycles. The molecule has 0 amide bonds. The third-order valence-corrected chi connectivity index (χ3v) is 4.89. The van der Waals surface area contributed by atoms with Crippen LogP contribution in [0.15, 0.2) is 48.7 Å². The van der Waals surface area contributed by atoms with Gasteiger partial charge in [0.15, 0.2) is 11.2 Å². The van der Waals surface area contributed by atoms with Gasteiger partial charge in [0.05, 0.1) is 6.20 Å². The Balaban J connectivity index is 1.55. The third kappa shape index (κ3) is 2.61. The Morgan fingerprint density at radius 1 is 1.22 bits per heavy atom. The molecule has 116 valence electrons. The third-order valence-electron chi connectivity index (χ3n) is 3.88. The Labute approximate surface area is 137 Å². The van der Waals surface area contributed by atoms with Crippen LogP contribution in [0.1, 0.15) is 22.6 Å². The van der Waals surface area contributed by atoms with Gasteiger partial charge in [-0.05, 0) is 23.3 Å². The van der Waals surface area contributed by atoms with Crippen LogP contribution >= 0.6 is 11.3 Å². The van der Waals surface area contributed by atoms with E-state index in [2.05, 4.69) is 39.7 Å². The first-order chi connectivity index (χ1) is 11.2. The number of hydrogen-bond acceptors (Lipinski definition) is 5. The maximum absolute atomic E-state index is 10.4. The first kappa shape index (κ1) is 14.3. The van der Waals surface area contributed by atoms with Crippen molar-refractivity contribution in [1.29, 1.82) is 0 Å². The summed E-state index contributed by atoms with van der Waals surface area (Å²) in [6, 6.07) is 14.5. The summed E-state index contributed by atoms with van der Waals surface area (Å²) < 4.78 is 1.75. The number of benzene rings is 2. The lowest BCUT2D eigenvalue weighted by Gasteiger charge is -2.11. The first-order valence-electron chi connectivity index (χ1n) is 7.41. The molecule has 5 nitrogen and oxygen atoms in total. The van der Waals surface area contributed by atoms with E-state index >= 15 is 0 Å². The van der Waals surface area contributed by atoms with E-state index < -0.39 is 6.23 Å². The number of nitrogens with zero attached hydrogens (tertiary/aromatic N) is 3. The average Bonchev–Trinajstić information content (AvgIpc) is 3.15. The van der Waals surface area contributed by atoms with Crippen LogP contribution in [0, 0.1) is 6.92 Å². The van der Waals surface area contributed by atoms with E-state index in [-0.39, 0.29) is 0 Å². The number of aryl methyl sites for hydroxylation is 1. The summed E-state index contributed by atoms with van der Waals surface area (Å²) in [6.07, 6.45) is 0.978. The van der Waals surface area contributed by atoms with Gasteiger partial charge in [-0.15, -0.1) is 0 Å². The molecule has 4 aromatic rings. The topological polar surface area (TPSA) is 62.5 Å². The lowest BCUT2D eigenvalue weighted by atomic mass is 10.0. The molecule has 0 bridgehead atoms. The van der Waals surface area contributed by atoms with Gasteiger partial charge < -0.3 is 5.11 Å². The standard InChI is InChI=1S/C17H16N4OS/c1-11-18-10-15-21(11)20-17(23-15)16(22)19-9-13-7-4-6-12-5-2-3-8-14(12)13/h2-8,10,16,19,22H,9H2,1H3. The number of aliphatic hydroxyl groups excluding tert-OH is 1. The van der Waals surface area contributed by atoms with Gasteiger partial charge in [-0.3, -0.25) is 5.32 Å². The zero-order chi connectivity index (χ0) is 15.8. The molecule has 0 aliphatic carbocycles. The van der Waals surface area contributed by atoms with Crippen LogP contribution in [0.25, 0.3) is 15.6 Å². The fourth-order valence-electron chi connectivity index (χ4n) is 2.69. The maximum atomic E-state index is 10.4. The summed E-state index contributed by atoms with van der Waals surface area (Å²) in [5, 5.41) is 21.0. The zero-order valence-corrected chi connectivity index (χ0v) is 13.4. The van der Waals surface area contributed by atoms with Crippen LogP contribution in [0.3, 0.4) is 0 Å². The highest BCUT2D eigenvalue weighted by Gasteiger charge is 2.15. The molecule has 23 heavy (non-hydrogen) atoms. The Bertz CT molecular complexity index is 970. The van der Waals surface area contributed by atoms with Gasteiger partial charge in [-0.1, -0.05) is 53.8 Å². The lowest BCUT2D eigenvalue weighted by molar-refractivity contribution is 0.136. The van der Waals surface area contributed by atoms with Gasteiger partial charge in [0, 0.05) is 6.54 Å².